The summed E-state index contributed by atoms with van der Waals surface area (Å²) < 4.78 is 12.2. The van der Waals surface area contributed by atoms with Crippen LogP contribution in [0.4, 0.5) is 0 Å². The number of carbonyl (C=O) groups excluding carboxylic acids is 1. The lowest BCUT2D eigenvalue weighted by molar-refractivity contribution is 0.0904. The van der Waals surface area contributed by atoms with E-state index in [0.29, 0.717) is 22.0 Å². The molecule has 8 nitrogen and oxygen atoms in total. The number of nitrogens with zero attached hydrogens (tertiary/aromatic N) is 4. The fourth-order valence-electron chi connectivity index (χ4n) is 2.65. The van der Waals surface area contributed by atoms with Gasteiger partial charge in [-0.15, -0.1) is 0 Å². The van der Waals surface area contributed by atoms with Crippen molar-refractivity contribution >= 4 is 17.5 Å². The van der Waals surface area contributed by atoms with E-state index in [1.54, 1.807) is 29.1 Å². The van der Waals surface area contributed by atoms with Gasteiger partial charge in [0.2, 0.25) is 5.82 Å². The Balaban J connectivity index is 1.50. The van der Waals surface area contributed by atoms with E-state index in [9.17, 15) is 4.79 Å². The second kappa shape index (κ2) is 7.32. The second-order valence-electron chi connectivity index (χ2n) is 6.17. The van der Waals surface area contributed by atoms with Crippen molar-refractivity contribution in [3.05, 3.63) is 70.7 Å². The van der Waals surface area contributed by atoms with Gasteiger partial charge in [-0.3, -0.25) is 4.79 Å². The van der Waals surface area contributed by atoms with Crippen LogP contribution in [-0.2, 0) is 6.54 Å². The Morgan fingerprint density at radius 3 is 2.68 bits per heavy atom. The first-order chi connectivity index (χ1) is 13.5. The smallest absolute Gasteiger partial charge is 0.316 e. The van der Waals surface area contributed by atoms with E-state index in [-0.39, 0.29) is 18.3 Å². The minimum atomic E-state index is -0.476. The largest absolute Gasteiger partial charge is 0.465 e. The predicted molar refractivity (Wildman–Crippen MR) is 101 cm³/mol. The predicted octanol–water partition coefficient (Wildman–Crippen LogP) is 3.72. The molecular weight excluding hydrogens is 382 g/mol. The molecule has 142 valence electrons. The van der Waals surface area contributed by atoms with Crippen molar-refractivity contribution < 1.29 is 13.7 Å². The van der Waals surface area contributed by atoms with Crippen LogP contribution in [0.15, 0.2) is 51.5 Å². The fraction of sp³-hybridized carbons (Fsp3) is 0.158. The van der Waals surface area contributed by atoms with Gasteiger partial charge in [-0.2, -0.15) is 10.1 Å². The highest BCUT2D eigenvalue weighted by Crippen LogP contribution is 2.22. The summed E-state index contributed by atoms with van der Waals surface area (Å²) in [4.78, 5) is 16.4. The molecule has 3 heterocycles. The van der Waals surface area contributed by atoms with E-state index in [2.05, 4.69) is 20.6 Å². The molecule has 0 bridgehead atoms. The lowest BCUT2D eigenvalue weighted by Gasteiger charge is -2.00. The second-order valence-corrected chi connectivity index (χ2v) is 6.60. The number of hydrogen-bond acceptors (Lipinski definition) is 6. The zero-order valence-corrected chi connectivity index (χ0v) is 15.9. The zero-order valence-electron chi connectivity index (χ0n) is 15.1. The molecule has 1 amide bonds. The molecule has 0 unspecified atom stereocenters. The van der Waals surface area contributed by atoms with Crippen molar-refractivity contribution in [2.45, 2.75) is 20.4 Å². The van der Waals surface area contributed by atoms with Gasteiger partial charge in [0.05, 0.1) is 23.5 Å². The number of benzene rings is 1. The summed E-state index contributed by atoms with van der Waals surface area (Å²) in [5.41, 5.74) is 2.21. The van der Waals surface area contributed by atoms with Gasteiger partial charge >= 0.3 is 11.8 Å². The maximum atomic E-state index is 12.2. The van der Waals surface area contributed by atoms with Gasteiger partial charge in [-0.05, 0) is 50.2 Å². The molecule has 0 aliphatic carbocycles. The molecule has 4 aromatic rings. The third-order valence-corrected chi connectivity index (χ3v) is 4.32. The third-order valence-electron chi connectivity index (χ3n) is 4.07. The number of carbonyl (C=O) groups is 1. The van der Waals surface area contributed by atoms with E-state index in [4.69, 9.17) is 20.5 Å². The van der Waals surface area contributed by atoms with E-state index in [0.717, 1.165) is 11.4 Å². The number of nitrogens with one attached hydrogen (secondary N) is 1. The van der Waals surface area contributed by atoms with E-state index >= 15 is 0 Å². The first-order valence-electron chi connectivity index (χ1n) is 8.49. The van der Waals surface area contributed by atoms with Gasteiger partial charge in [0.1, 0.15) is 11.5 Å². The topological polar surface area (TPSA) is 99.0 Å². The quantitative estimate of drug-likeness (QED) is 0.551. The maximum Gasteiger partial charge on any atom is 0.316 e. The molecule has 9 heteroatoms. The summed E-state index contributed by atoms with van der Waals surface area (Å²) in [6, 6.07) is 10.9. The number of rotatable bonds is 5. The number of aryl methyl sites for hydroxylation is 2. The number of hydrogen-bond donors (Lipinski definition) is 1. The highest BCUT2D eigenvalue weighted by atomic mass is 35.5. The first kappa shape index (κ1) is 18.0. The molecule has 0 radical (unpaired) electrons. The molecule has 4 rings (SSSR count). The lowest BCUT2D eigenvalue weighted by atomic mass is 10.2. The van der Waals surface area contributed by atoms with Gasteiger partial charge in [0.25, 0.3) is 0 Å². The van der Waals surface area contributed by atoms with Crippen LogP contribution in [-0.4, -0.2) is 25.8 Å². The van der Waals surface area contributed by atoms with Gasteiger partial charge in [0.15, 0.2) is 0 Å². The number of halogens is 1. The number of amides is 1. The maximum absolute atomic E-state index is 12.2. The first-order valence-corrected chi connectivity index (χ1v) is 8.87. The van der Waals surface area contributed by atoms with Crippen molar-refractivity contribution in [2.75, 3.05) is 0 Å². The molecule has 1 aromatic carbocycles. The molecule has 3 aromatic heterocycles. The summed E-state index contributed by atoms with van der Waals surface area (Å²) in [6.45, 7) is 3.90. The molecule has 0 aliphatic heterocycles. The van der Waals surface area contributed by atoms with Crippen molar-refractivity contribution in [1.82, 2.24) is 25.2 Å². The zero-order chi connectivity index (χ0) is 19.7. The summed E-state index contributed by atoms with van der Waals surface area (Å²) in [5, 5.41) is 11.7. The molecule has 0 atom stereocenters. The Hall–Kier alpha value is -3.39. The Kier molecular flexibility index (Phi) is 4.70. The van der Waals surface area contributed by atoms with E-state index < -0.39 is 5.91 Å². The minimum Gasteiger partial charge on any atom is -0.465 e. The SMILES string of the molecule is Cc1ccc(CNC(=O)c2nc(-c3cn(-c4ccc(Cl)cc4)nc3C)no2)o1. The van der Waals surface area contributed by atoms with Crippen LogP contribution >= 0.6 is 11.6 Å². The molecule has 0 aliphatic rings. The fourth-order valence-corrected chi connectivity index (χ4v) is 2.78. The van der Waals surface area contributed by atoms with Gasteiger partial charge in [0, 0.05) is 11.2 Å². The van der Waals surface area contributed by atoms with Crippen LogP contribution in [0.25, 0.3) is 17.1 Å². The average molecular weight is 398 g/mol. The Morgan fingerprint density at radius 1 is 1.18 bits per heavy atom. The molecular formula is C19H16ClN5O3. The van der Waals surface area contributed by atoms with Crippen molar-refractivity contribution in [3.8, 4) is 17.1 Å². The third kappa shape index (κ3) is 3.67. The van der Waals surface area contributed by atoms with E-state index in [1.165, 1.54) is 0 Å². The molecule has 1 N–H and O–H groups in total. The minimum absolute atomic E-state index is 0.128. The molecule has 0 fully saturated rings. The molecule has 28 heavy (non-hydrogen) atoms. The highest BCUT2D eigenvalue weighted by Gasteiger charge is 2.19. The van der Waals surface area contributed by atoms with Gasteiger partial charge in [-0.25, -0.2) is 4.68 Å². The van der Waals surface area contributed by atoms with Crippen molar-refractivity contribution in [3.63, 3.8) is 0 Å². The number of furan rings is 1. The number of aromatic nitrogens is 4. The van der Waals surface area contributed by atoms with Crippen LogP contribution in [0.2, 0.25) is 5.02 Å². The standard InChI is InChI=1S/C19H16ClN5O3/c1-11-3-8-15(27-11)9-21-18(26)19-22-17(24-28-19)16-10-25(23-12(16)2)14-6-4-13(20)5-7-14/h3-8,10H,9H2,1-2H3,(H,21,26). The Morgan fingerprint density at radius 2 is 1.96 bits per heavy atom. The highest BCUT2D eigenvalue weighted by molar-refractivity contribution is 6.30. The summed E-state index contributed by atoms with van der Waals surface area (Å²) in [7, 11) is 0. The molecule has 0 saturated heterocycles. The van der Waals surface area contributed by atoms with Crippen LogP contribution in [0.1, 0.15) is 27.9 Å². The van der Waals surface area contributed by atoms with Crippen LogP contribution in [0.5, 0.6) is 0 Å². The lowest BCUT2D eigenvalue weighted by Crippen LogP contribution is -2.22. The molecule has 0 saturated carbocycles. The van der Waals surface area contributed by atoms with Crippen molar-refractivity contribution in [1.29, 1.82) is 0 Å². The Bertz CT molecular complexity index is 1130. The van der Waals surface area contributed by atoms with Crippen LogP contribution < -0.4 is 5.32 Å². The summed E-state index contributed by atoms with van der Waals surface area (Å²) >= 11 is 5.92. The molecule has 0 spiro atoms. The monoisotopic (exact) mass is 397 g/mol. The summed E-state index contributed by atoms with van der Waals surface area (Å²) in [6.07, 6.45) is 1.77. The average Bonchev–Trinajstić information content (AvgIpc) is 3.40. The normalized spacial score (nSPS) is 11.0. The van der Waals surface area contributed by atoms with Gasteiger partial charge < -0.3 is 14.3 Å². The van der Waals surface area contributed by atoms with Crippen molar-refractivity contribution in [2.24, 2.45) is 0 Å². The van der Waals surface area contributed by atoms with E-state index in [1.807, 2.05) is 32.0 Å². The Labute approximate surface area is 165 Å². The summed E-state index contributed by atoms with van der Waals surface area (Å²) in [5.74, 6) is 1.10. The van der Waals surface area contributed by atoms with Gasteiger partial charge in [-0.1, -0.05) is 16.8 Å². The van der Waals surface area contributed by atoms with Crippen LogP contribution in [0, 0.1) is 13.8 Å². The van der Waals surface area contributed by atoms with Crippen LogP contribution in [0.3, 0.4) is 0 Å².